The number of halogens is 3. The monoisotopic (exact) mass is 327 g/mol. The van der Waals surface area contributed by atoms with Gasteiger partial charge in [-0.1, -0.05) is 32.0 Å². The molecule has 0 saturated heterocycles. The van der Waals surface area contributed by atoms with E-state index in [9.17, 15) is 21.6 Å². The highest BCUT2D eigenvalue weighted by Gasteiger charge is 2.39. The molecule has 1 N–H and O–H groups in total. The number of hydrogen-bond acceptors (Lipinski definition) is 3. The van der Waals surface area contributed by atoms with Crippen LogP contribution in [0, 0.1) is 0 Å². The summed E-state index contributed by atoms with van der Waals surface area (Å²) < 4.78 is 62.4. The Hall–Kier alpha value is -0.890. The number of thioether (sulfide) groups is 1. The molecule has 0 fully saturated rings. The molecular formula is C12H16F3NO2S2. The normalized spacial score (nSPS) is 14.3. The molecule has 114 valence electrons. The summed E-state index contributed by atoms with van der Waals surface area (Å²) in [5.41, 5.74) is 0.254. The van der Waals surface area contributed by atoms with Crippen molar-refractivity contribution in [2.24, 2.45) is 0 Å². The molecule has 0 aliphatic rings. The average molecular weight is 327 g/mol. The summed E-state index contributed by atoms with van der Waals surface area (Å²) in [7, 11) is -4.11. The molecule has 0 aliphatic heterocycles. The van der Waals surface area contributed by atoms with E-state index in [0.29, 0.717) is 0 Å². The van der Waals surface area contributed by atoms with Gasteiger partial charge < -0.3 is 0 Å². The smallest absolute Gasteiger partial charge is 0.283 e. The minimum absolute atomic E-state index is 0.227. The zero-order chi connectivity index (χ0) is 15.4. The lowest BCUT2D eigenvalue weighted by atomic mass is 10.3. The fraction of sp³-hybridized carbons (Fsp3) is 0.500. The largest absolute Gasteiger partial charge is 0.391 e. The molecule has 1 aromatic carbocycles. The first-order valence-corrected chi connectivity index (χ1v) is 8.38. The van der Waals surface area contributed by atoms with Gasteiger partial charge in [-0.3, -0.25) is 4.72 Å². The van der Waals surface area contributed by atoms with Crippen LogP contribution < -0.4 is 4.72 Å². The highest BCUT2D eigenvalue weighted by Crippen LogP contribution is 2.33. The minimum Gasteiger partial charge on any atom is -0.283 e. The summed E-state index contributed by atoms with van der Waals surface area (Å²) in [4.78, 5) is 0. The summed E-state index contributed by atoms with van der Waals surface area (Å²) >= 11 is 0.782. The zero-order valence-corrected chi connectivity index (χ0v) is 12.6. The van der Waals surface area contributed by atoms with Crippen LogP contribution in [0.1, 0.15) is 20.3 Å². The van der Waals surface area contributed by atoms with E-state index in [2.05, 4.69) is 4.72 Å². The van der Waals surface area contributed by atoms with Gasteiger partial charge in [-0.2, -0.15) is 13.2 Å². The maximum absolute atomic E-state index is 12.5. The van der Waals surface area contributed by atoms with Crippen molar-refractivity contribution in [1.29, 1.82) is 0 Å². The second-order valence-electron chi connectivity index (χ2n) is 4.45. The van der Waals surface area contributed by atoms with E-state index in [1.54, 1.807) is 32.0 Å². The van der Waals surface area contributed by atoms with Crippen LogP contribution in [0.25, 0.3) is 0 Å². The number of rotatable bonds is 6. The van der Waals surface area contributed by atoms with E-state index >= 15 is 0 Å². The van der Waals surface area contributed by atoms with Crippen LogP contribution in [0.15, 0.2) is 30.3 Å². The maximum Gasteiger partial charge on any atom is 0.391 e. The summed E-state index contributed by atoms with van der Waals surface area (Å²) in [6.45, 7) is 3.32. The van der Waals surface area contributed by atoms with Gasteiger partial charge in [0.1, 0.15) is 4.58 Å². The van der Waals surface area contributed by atoms with Gasteiger partial charge in [0.15, 0.2) is 0 Å². The maximum atomic E-state index is 12.5. The van der Waals surface area contributed by atoms with Crippen molar-refractivity contribution >= 4 is 27.5 Å². The first-order valence-electron chi connectivity index (χ1n) is 5.89. The molecular weight excluding hydrogens is 311 g/mol. The summed E-state index contributed by atoms with van der Waals surface area (Å²) in [5.74, 6) is 0. The SMILES string of the molecule is CC(C)SC(CC(F)(F)F)S(=O)(=O)Nc1ccccc1. The third kappa shape index (κ3) is 6.04. The van der Waals surface area contributed by atoms with Crippen molar-refractivity contribution in [3.05, 3.63) is 30.3 Å². The summed E-state index contributed by atoms with van der Waals surface area (Å²) in [6.07, 6.45) is -5.91. The molecule has 1 atom stereocenters. The molecule has 0 aromatic heterocycles. The van der Waals surface area contributed by atoms with Crippen molar-refractivity contribution < 1.29 is 21.6 Å². The van der Waals surface area contributed by atoms with E-state index in [0.717, 1.165) is 11.8 Å². The first-order chi connectivity index (χ1) is 9.10. The van der Waals surface area contributed by atoms with Gasteiger partial charge in [0, 0.05) is 10.9 Å². The lowest BCUT2D eigenvalue weighted by Gasteiger charge is -2.21. The minimum atomic E-state index is -4.53. The van der Waals surface area contributed by atoms with Crippen LogP contribution in [0.2, 0.25) is 0 Å². The van der Waals surface area contributed by atoms with E-state index < -0.39 is 27.2 Å². The van der Waals surface area contributed by atoms with Crippen molar-refractivity contribution in [3.63, 3.8) is 0 Å². The molecule has 1 aromatic rings. The van der Waals surface area contributed by atoms with E-state index in [1.807, 2.05) is 0 Å². The van der Waals surface area contributed by atoms with Crippen LogP contribution in [-0.4, -0.2) is 24.4 Å². The second kappa shape index (κ2) is 6.71. The van der Waals surface area contributed by atoms with Crippen molar-refractivity contribution in [1.82, 2.24) is 0 Å². The van der Waals surface area contributed by atoms with Gasteiger partial charge in [0.2, 0.25) is 10.0 Å². The molecule has 0 radical (unpaired) electrons. The van der Waals surface area contributed by atoms with Gasteiger partial charge in [-0.05, 0) is 12.1 Å². The predicted molar refractivity (Wildman–Crippen MR) is 76.2 cm³/mol. The highest BCUT2D eigenvalue weighted by atomic mass is 32.3. The quantitative estimate of drug-likeness (QED) is 0.863. The molecule has 20 heavy (non-hydrogen) atoms. The van der Waals surface area contributed by atoms with Gasteiger partial charge in [-0.15, -0.1) is 11.8 Å². The predicted octanol–water partition coefficient (Wildman–Crippen LogP) is 3.85. The lowest BCUT2D eigenvalue weighted by molar-refractivity contribution is -0.131. The third-order valence-corrected chi connectivity index (χ3v) is 5.69. The Morgan fingerprint density at radius 2 is 1.75 bits per heavy atom. The van der Waals surface area contributed by atoms with Crippen molar-refractivity contribution in [2.75, 3.05) is 4.72 Å². The highest BCUT2D eigenvalue weighted by molar-refractivity contribution is 8.14. The third-order valence-electron chi connectivity index (χ3n) is 2.20. The Bertz CT molecular complexity index is 515. The van der Waals surface area contributed by atoms with Crippen LogP contribution >= 0.6 is 11.8 Å². The zero-order valence-electron chi connectivity index (χ0n) is 11.0. The van der Waals surface area contributed by atoms with Gasteiger partial charge in [0.25, 0.3) is 0 Å². The molecule has 0 heterocycles. The number of alkyl halides is 3. The standard InChI is InChI=1S/C12H16F3NO2S2/c1-9(2)19-11(8-12(13,14)15)20(17,18)16-10-6-4-3-5-7-10/h3-7,9,11,16H,8H2,1-2H3. The number of anilines is 1. The molecule has 0 bridgehead atoms. The Labute approximate surface area is 121 Å². The molecule has 3 nitrogen and oxygen atoms in total. The number of sulfonamides is 1. The molecule has 1 unspecified atom stereocenters. The Morgan fingerprint density at radius 1 is 1.20 bits per heavy atom. The number of benzene rings is 1. The Kier molecular flexibility index (Phi) is 5.76. The fourth-order valence-electron chi connectivity index (χ4n) is 1.46. The van der Waals surface area contributed by atoms with Gasteiger partial charge in [0.05, 0.1) is 6.42 Å². The first kappa shape index (κ1) is 17.2. The van der Waals surface area contributed by atoms with E-state index in [1.165, 1.54) is 12.1 Å². The Morgan fingerprint density at radius 3 is 2.20 bits per heavy atom. The summed E-state index contributed by atoms with van der Waals surface area (Å²) in [5, 5.41) is -0.227. The number of nitrogens with one attached hydrogen (secondary N) is 1. The van der Waals surface area contributed by atoms with Gasteiger partial charge in [-0.25, -0.2) is 8.42 Å². The number of para-hydroxylation sites is 1. The number of hydrogen-bond donors (Lipinski definition) is 1. The molecule has 8 heteroatoms. The molecule has 0 aliphatic carbocycles. The van der Waals surface area contributed by atoms with Crippen LogP contribution in [0.4, 0.5) is 18.9 Å². The second-order valence-corrected chi connectivity index (χ2v) is 8.39. The summed E-state index contributed by atoms with van der Waals surface area (Å²) in [6, 6.07) is 7.87. The van der Waals surface area contributed by atoms with Crippen LogP contribution in [0.3, 0.4) is 0 Å². The Balaban J connectivity index is 2.93. The van der Waals surface area contributed by atoms with Gasteiger partial charge >= 0.3 is 6.18 Å². The van der Waals surface area contributed by atoms with Crippen molar-refractivity contribution in [3.8, 4) is 0 Å². The average Bonchev–Trinajstić information content (AvgIpc) is 2.26. The molecule has 1 rings (SSSR count). The topological polar surface area (TPSA) is 46.2 Å². The van der Waals surface area contributed by atoms with E-state index in [4.69, 9.17) is 0 Å². The molecule has 0 spiro atoms. The lowest BCUT2D eigenvalue weighted by Crippen LogP contribution is -2.31. The fourth-order valence-corrected chi connectivity index (χ4v) is 4.75. The molecule has 0 saturated carbocycles. The van der Waals surface area contributed by atoms with Crippen LogP contribution in [0.5, 0.6) is 0 Å². The van der Waals surface area contributed by atoms with E-state index in [-0.39, 0.29) is 10.9 Å². The van der Waals surface area contributed by atoms with Crippen molar-refractivity contribution in [2.45, 2.75) is 36.3 Å². The molecule has 0 amide bonds. The van der Waals surface area contributed by atoms with Crippen LogP contribution in [-0.2, 0) is 10.0 Å².